The number of aliphatic hydroxyl groups is 1. The highest BCUT2D eigenvalue weighted by molar-refractivity contribution is 6.01. The smallest absolute Gasteiger partial charge is 0.256 e. The van der Waals surface area contributed by atoms with Crippen molar-refractivity contribution in [2.45, 2.75) is 39.5 Å². The highest BCUT2D eigenvalue weighted by Crippen LogP contribution is 2.28. The Morgan fingerprint density at radius 1 is 1.13 bits per heavy atom. The number of phenolic OH excluding ortho intramolecular Hbond substituents is 1. The Morgan fingerprint density at radius 3 is 2.52 bits per heavy atom. The van der Waals surface area contributed by atoms with E-state index in [0.717, 1.165) is 37.4 Å². The third-order valence-electron chi connectivity index (χ3n) is 4.76. The number of aromatic hydroxyl groups is 1. The summed E-state index contributed by atoms with van der Waals surface area (Å²) in [6.07, 6.45) is 12.2. The molecule has 0 radical (unpaired) electrons. The van der Waals surface area contributed by atoms with Gasteiger partial charge in [-0.25, -0.2) is 0 Å². The van der Waals surface area contributed by atoms with Gasteiger partial charge in [0.1, 0.15) is 12.0 Å². The van der Waals surface area contributed by atoms with Gasteiger partial charge in [0.2, 0.25) is 0 Å². The summed E-state index contributed by atoms with van der Waals surface area (Å²) in [7, 11) is 0. The fourth-order valence-corrected chi connectivity index (χ4v) is 2.97. The number of anilines is 1. The van der Waals surface area contributed by atoms with Crippen LogP contribution in [0.3, 0.4) is 0 Å². The molecule has 6 nitrogen and oxygen atoms in total. The van der Waals surface area contributed by atoms with Crippen molar-refractivity contribution in [1.82, 2.24) is 4.90 Å². The largest absolute Gasteiger partial charge is 0.516 e. The quantitative estimate of drug-likeness (QED) is 0.166. The molecular weight excluding hydrogens is 392 g/mol. The second kappa shape index (κ2) is 14.7. The van der Waals surface area contributed by atoms with Gasteiger partial charge in [0.25, 0.3) is 5.91 Å². The lowest BCUT2D eigenvalue weighted by Gasteiger charge is -2.22. The molecule has 0 spiro atoms. The first-order valence-corrected chi connectivity index (χ1v) is 10.4. The van der Waals surface area contributed by atoms with E-state index in [-0.39, 0.29) is 18.2 Å². The van der Waals surface area contributed by atoms with Gasteiger partial charge in [0, 0.05) is 26.1 Å². The van der Waals surface area contributed by atoms with E-state index >= 15 is 0 Å². The molecule has 0 fully saturated rings. The number of rotatable bonds is 14. The van der Waals surface area contributed by atoms with Crippen molar-refractivity contribution >= 4 is 17.9 Å². The fourth-order valence-electron chi connectivity index (χ4n) is 2.97. The van der Waals surface area contributed by atoms with Gasteiger partial charge in [0.05, 0.1) is 17.5 Å². The molecule has 0 atom stereocenters. The number of phenols is 1. The molecule has 0 saturated carbocycles. The number of carbonyl (C=O) groups excluding carboxylic acids is 2. The van der Waals surface area contributed by atoms with Gasteiger partial charge < -0.3 is 25.2 Å². The molecule has 0 aliphatic rings. The molecule has 1 aromatic carbocycles. The van der Waals surface area contributed by atoms with Crippen LogP contribution >= 0.6 is 0 Å². The third-order valence-corrected chi connectivity index (χ3v) is 4.76. The van der Waals surface area contributed by atoms with Crippen LogP contribution in [-0.2, 0) is 4.79 Å². The molecular formula is C25H34N2O4. The predicted octanol–water partition coefficient (Wildman–Crippen LogP) is 5.16. The van der Waals surface area contributed by atoms with Gasteiger partial charge in [-0.2, -0.15) is 0 Å². The number of hydrogen-bond donors (Lipinski definition) is 3. The van der Waals surface area contributed by atoms with Crippen LogP contribution in [0.25, 0.3) is 0 Å². The maximum Gasteiger partial charge on any atom is 0.256 e. The standard InChI is InChI=1S/C25H34N2O4/c1-4-15-26-24-22(12-6-13-23(24)30)25(31)27(16-8-19-29)17-14-21(3)10-5-9-20(2)11-7-18-28/h4,6,8-9,12-14,18-19,26,29-30H,1,5,7,10-11,15-17H2,2-3H3/b19-8+,20-9+,21-14+. The van der Waals surface area contributed by atoms with Crippen molar-refractivity contribution in [3.05, 3.63) is 72.1 Å². The Hall–Kier alpha value is -3.28. The number of para-hydroxylation sites is 1. The van der Waals surface area contributed by atoms with Crippen LogP contribution < -0.4 is 5.32 Å². The number of benzene rings is 1. The number of carbonyl (C=O) groups is 2. The van der Waals surface area contributed by atoms with Crippen LogP contribution in [0.2, 0.25) is 0 Å². The van der Waals surface area contributed by atoms with Crippen LogP contribution in [0, 0.1) is 0 Å². The maximum absolute atomic E-state index is 13.2. The molecule has 31 heavy (non-hydrogen) atoms. The summed E-state index contributed by atoms with van der Waals surface area (Å²) in [4.78, 5) is 25.2. The molecule has 0 aromatic heterocycles. The molecule has 0 bridgehead atoms. The lowest BCUT2D eigenvalue weighted by Crippen LogP contribution is -2.32. The molecule has 1 amide bonds. The number of hydrogen-bond acceptors (Lipinski definition) is 5. The van der Waals surface area contributed by atoms with Crippen molar-refractivity contribution in [1.29, 1.82) is 0 Å². The molecule has 0 aliphatic heterocycles. The second-order valence-corrected chi connectivity index (χ2v) is 7.31. The van der Waals surface area contributed by atoms with E-state index in [9.17, 15) is 14.7 Å². The highest BCUT2D eigenvalue weighted by atomic mass is 16.3. The minimum Gasteiger partial charge on any atom is -0.516 e. The third kappa shape index (κ3) is 9.38. The van der Waals surface area contributed by atoms with Gasteiger partial charge in [-0.3, -0.25) is 4.79 Å². The first-order valence-electron chi connectivity index (χ1n) is 10.4. The van der Waals surface area contributed by atoms with E-state index in [1.165, 1.54) is 17.7 Å². The summed E-state index contributed by atoms with van der Waals surface area (Å²) in [5.41, 5.74) is 3.06. The van der Waals surface area contributed by atoms with Crippen LogP contribution in [0.5, 0.6) is 5.75 Å². The zero-order chi connectivity index (χ0) is 23.1. The van der Waals surface area contributed by atoms with Gasteiger partial charge in [-0.05, 0) is 51.3 Å². The minimum atomic E-state index is -0.255. The Balaban J connectivity index is 2.90. The Labute approximate surface area is 185 Å². The van der Waals surface area contributed by atoms with Gasteiger partial charge >= 0.3 is 0 Å². The number of aldehydes is 1. The summed E-state index contributed by atoms with van der Waals surface area (Å²) < 4.78 is 0. The van der Waals surface area contributed by atoms with Crippen LogP contribution in [0.15, 0.2) is 66.5 Å². The zero-order valence-electron chi connectivity index (χ0n) is 18.5. The van der Waals surface area contributed by atoms with E-state index in [1.807, 2.05) is 19.9 Å². The Bertz CT molecular complexity index is 825. The minimum absolute atomic E-state index is 0.00573. The SMILES string of the molecule is C=CCNc1c(O)cccc1C(=O)N(C/C=C/O)C/C=C(\C)CC/C=C(\C)CCC=O. The summed E-state index contributed by atoms with van der Waals surface area (Å²) in [5.74, 6) is -0.261. The van der Waals surface area contributed by atoms with Crippen molar-refractivity contribution in [2.75, 3.05) is 25.0 Å². The first-order chi connectivity index (χ1) is 14.9. The molecule has 6 heteroatoms. The summed E-state index contributed by atoms with van der Waals surface area (Å²) in [5, 5.41) is 22.3. The number of amides is 1. The molecule has 0 heterocycles. The molecule has 1 aromatic rings. The fraction of sp³-hybridized carbons (Fsp3) is 0.360. The summed E-state index contributed by atoms with van der Waals surface area (Å²) >= 11 is 0. The normalized spacial score (nSPS) is 12.1. The van der Waals surface area contributed by atoms with Crippen molar-refractivity contribution in [2.24, 2.45) is 0 Å². The van der Waals surface area contributed by atoms with Crippen molar-refractivity contribution in [3.8, 4) is 5.75 Å². The Kier molecular flexibility index (Phi) is 12.2. The number of aliphatic hydroxyl groups excluding tert-OH is 1. The topological polar surface area (TPSA) is 89.9 Å². The number of nitrogens with zero attached hydrogens (tertiary/aromatic N) is 1. The number of nitrogens with one attached hydrogen (secondary N) is 1. The van der Waals surface area contributed by atoms with Crippen LogP contribution in [-0.4, -0.2) is 46.9 Å². The molecule has 0 saturated heterocycles. The molecule has 1 rings (SSSR count). The van der Waals surface area contributed by atoms with Crippen molar-refractivity contribution < 1.29 is 19.8 Å². The monoisotopic (exact) mass is 426 g/mol. The van der Waals surface area contributed by atoms with Gasteiger partial charge in [-0.1, -0.05) is 35.4 Å². The van der Waals surface area contributed by atoms with E-state index in [0.29, 0.717) is 30.8 Å². The lowest BCUT2D eigenvalue weighted by atomic mass is 10.1. The molecule has 3 N–H and O–H groups in total. The van der Waals surface area contributed by atoms with Crippen LogP contribution in [0.4, 0.5) is 5.69 Å². The molecule has 0 unspecified atom stereocenters. The highest BCUT2D eigenvalue weighted by Gasteiger charge is 2.19. The van der Waals surface area contributed by atoms with E-state index in [4.69, 9.17) is 5.11 Å². The number of allylic oxidation sites excluding steroid dienone is 3. The molecule has 0 aliphatic carbocycles. The van der Waals surface area contributed by atoms with Crippen LogP contribution in [0.1, 0.15) is 49.9 Å². The van der Waals surface area contributed by atoms with Crippen molar-refractivity contribution in [3.63, 3.8) is 0 Å². The lowest BCUT2D eigenvalue weighted by molar-refractivity contribution is -0.107. The predicted molar refractivity (Wildman–Crippen MR) is 127 cm³/mol. The maximum atomic E-state index is 13.2. The summed E-state index contributed by atoms with van der Waals surface area (Å²) in [6, 6.07) is 4.81. The van der Waals surface area contributed by atoms with E-state index in [1.54, 1.807) is 23.1 Å². The summed E-state index contributed by atoms with van der Waals surface area (Å²) in [6.45, 7) is 8.72. The van der Waals surface area contributed by atoms with Gasteiger partial charge in [0.15, 0.2) is 0 Å². The van der Waals surface area contributed by atoms with E-state index in [2.05, 4.69) is 18.0 Å². The molecule has 168 valence electrons. The second-order valence-electron chi connectivity index (χ2n) is 7.31. The van der Waals surface area contributed by atoms with Gasteiger partial charge in [-0.15, -0.1) is 6.58 Å². The zero-order valence-corrected chi connectivity index (χ0v) is 18.5. The first kappa shape index (κ1) is 25.8. The average Bonchev–Trinajstić information content (AvgIpc) is 2.76. The Morgan fingerprint density at radius 2 is 1.84 bits per heavy atom. The van der Waals surface area contributed by atoms with E-state index < -0.39 is 0 Å². The average molecular weight is 427 g/mol.